The fourth-order valence-corrected chi connectivity index (χ4v) is 3.66. The monoisotopic (exact) mass is 362 g/mol. The second-order valence-corrected chi connectivity index (χ2v) is 7.37. The molecule has 1 fully saturated rings. The molecule has 1 saturated carbocycles. The van der Waals surface area contributed by atoms with Gasteiger partial charge in [-0.05, 0) is 43.4 Å². The molecule has 3 amide bonds. The van der Waals surface area contributed by atoms with Crippen LogP contribution in [0.2, 0.25) is 0 Å². The Morgan fingerprint density at radius 2 is 1.56 bits per heavy atom. The molecule has 138 valence electrons. The van der Waals surface area contributed by atoms with Crippen LogP contribution in [0, 0.1) is 5.92 Å². The van der Waals surface area contributed by atoms with Crippen LogP contribution in [-0.4, -0.2) is 34.7 Å². The van der Waals surface area contributed by atoms with Crippen LogP contribution < -0.4 is 5.32 Å². The molecule has 0 radical (unpaired) electrons. The van der Waals surface area contributed by atoms with Crippen LogP contribution in [0.25, 0.3) is 0 Å². The summed E-state index contributed by atoms with van der Waals surface area (Å²) in [6, 6.07) is 15.4. The number of nitrogens with one attached hydrogen (secondary N) is 1. The first-order valence-corrected chi connectivity index (χ1v) is 9.37. The summed E-state index contributed by atoms with van der Waals surface area (Å²) >= 11 is 0. The van der Waals surface area contributed by atoms with Crippen molar-refractivity contribution in [2.75, 3.05) is 0 Å². The summed E-state index contributed by atoms with van der Waals surface area (Å²) in [6.45, 7) is 1.98. The fourth-order valence-electron chi connectivity index (χ4n) is 3.66. The Kier molecular flexibility index (Phi) is 4.52. The van der Waals surface area contributed by atoms with E-state index < -0.39 is 17.9 Å². The molecule has 0 spiro atoms. The Labute approximate surface area is 158 Å². The van der Waals surface area contributed by atoms with E-state index in [-0.39, 0.29) is 11.9 Å². The molecule has 0 aromatic heterocycles. The lowest BCUT2D eigenvalue weighted by Crippen LogP contribution is -2.52. The third kappa shape index (κ3) is 3.37. The first-order valence-electron chi connectivity index (χ1n) is 9.37. The third-order valence-electron chi connectivity index (χ3n) is 5.41. The largest absolute Gasteiger partial charge is 0.352 e. The number of rotatable bonds is 6. The molecule has 27 heavy (non-hydrogen) atoms. The van der Waals surface area contributed by atoms with Gasteiger partial charge in [-0.15, -0.1) is 0 Å². The van der Waals surface area contributed by atoms with Crippen molar-refractivity contribution in [2.24, 2.45) is 5.92 Å². The highest BCUT2D eigenvalue weighted by Crippen LogP contribution is 2.32. The molecule has 5 nitrogen and oxygen atoms in total. The second-order valence-electron chi connectivity index (χ2n) is 7.37. The van der Waals surface area contributed by atoms with Crippen LogP contribution >= 0.6 is 0 Å². The smallest absolute Gasteiger partial charge is 0.262 e. The fraction of sp³-hybridized carbons (Fsp3) is 0.318. The Hall–Kier alpha value is -2.95. The van der Waals surface area contributed by atoms with Gasteiger partial charge in [-0.2, -0.15) is 0 Å². The Morgan fingerprint density at radius 3 is 2.11 bits per heavy atom. The van der Waals surface area contributed by atoms with Gasteiger partial charge < -0.3 is 5.32 Å². The van der Waals surface area contributed by atoms with Crippen LogP contribution in [0.15, 0.2) is 54.6 Å². The van der Waals surface area contributed by atoms with Crippen molar-refractivity contribution in [3.05, 3.63) is 71.3 Å². The van der Waals surface area contributed by atoms with Gasteiger partial charge in [-0.1, -0.05) is 42.5 Å². The number of hydrogen-bond acceptors (Lipinski definition) is 3. The number of imide groups is 1. The van der Waals surface area contributed by atoms with Crippen molar-refractivity contribution in [3.63, 3.8) is 0 Å². The first-order chi connectivity index (χ1) is 13.1. The van der Waals surface area contributed by atoms with E-state index in [4.69, 9.17) is 0 Å². The van der Waals surface area contributed by atoms with Gasteiger partial charge in [0.25, 0.3) is 11.8 Å². The predicted octanol–water partition coefficient (Wildman–Crippen LogP) is 2.81. The molecule has 2 aromatic carbocycles. The van der Waals surface area contributed by atoms with Gasteiger partial charge in [0.2, 0.25) is 5.91 Å². The third-order valence-corrected chi connectivity index (χ3v) is 5.41. The summed E-state index contributed by atoms with van der Waals surface area (Å²) in [7, 11) is 0. The number of carbonyl (C=O) groups is 3. The normalized spacial score (nSPS) is 18.2. The van der Waals surface area contributed by atoms with Gasteiger partial charge in [0.05, 0.1) is 11.1 Å². The number of fused-ring (bicyclic) bond motifs is 1. The molecule has 4 rings (SSSR count). The van der Waals surface area contributed by atoms with E-state index in [2.05, 4.69) is 5.32 Å². The van der Waals surface area contributed by atoms with Gasteiger partial charge in [-0.3, -0.25) is 19.3 Å². The summed E-state index contributed by atoms with van der Waals surface area (Å²) < 4.78 is 0. The minimum absolute atomic E-state index is 0.0472. The average molecular weight is 362 g/mol. The van der Waals surface area contributed by atoms with Crippen LogP contribution in [-0.2, 0) is 11.2 Å². The zero-order valence-corrected chi connectivity index (χ0v) is 15.2. The number of carbonyl (C=O) groups excluding carboxylic acids is 3. The van der Waals surface area contributed by atoms with Gasteiger partial charge in [0, 0.05) is 12.5 Å². The van der Waals surface area contributed by atoms with Gasteiger partial charge in [-0.25, -0.2) is 0 Å². The van der Waals surface area contributed by atoms with E-state index in [0.29, 0.717) is 23.5 Å². The lowest BCUT2D eigenvalue weighted by Gasteiger charge is -2.27. The topological polar surface area (TPSA) is 66.5 Å². The number of nitrogens with zero attached hydrogens (tertiary/aromatic N) is 1. The summed E-state index contributed by atoms with van der Waals surface area (Å²) in [5.74, 6) is -0.572. The summed E-state index contributed by atoms with van der Waals surface area (Å²) in [4.78, 5) is 40.0. The van der Waals surface area contributed by atoms with Gasteiger partial charge >= 0.3 is 0 Å². The van der Waals surface area contributed by atoms with Crippen LogP contribution in [0.3, 0.4) is 0 Å². The molecule has 0 unspecified atom stereocenters. The van der Waals surface area contributed by atoms with E-state index in [1.165, 1.54) is 0 Å². The van der Waals surface area contributed by atoms with Crippen LogP contribution in [0.1, 0.15) is 46.0 Å². The zero-order chi connectivity index (χ0) is 19.0. The molecule has 2 aliphatic rings. The molecule has 1 aliphatic heterocycles. The van der Waals surface area contributed by atoms with E-state index in [1.807, 2.05) is 37.3 Å². The van der Waals surface area contributed by atoms with Crippen molar-refractivity contribution >= 4 is 17.7 Å². The number of amides is 3. The number of benzene rings is 2. The van der Waals surface area contributed by atoms with Crippen molar-refractivity contribution in [1.29, 1.82) is 0 Å². The van der Waals surface area contributed by atoms with E-state index in [0.717, 1.165) is 23.3 Å². The maximum atomic E-state index is 13.1. The minimum Gasteiger partial charge on any atom is -0.352 e. The van der Waals surface area contributed by atoms with Crippen molar-refractivity contribution in [1.82, 2.24) is 10.2 Å². The van der Waals surface area contributed by atoms with E-state index in [1.54, 1.807) is 24.3 Å². The molecule has 5 heteroatoms. The summed E-state index contributed by atoms with van der Waals surface area (Å²) in [5, 5.41) is 3.02. The van der Waals surface area contributed by atoms with Gasteiger partial charge in [0.15, 0.2) is 0 Å². The molecule has 1 aliphatic carbocycles. The van der Waals surface area contributed by atoms with Gasteiger partial charge in [0.1, 0.15) is 6.04 Å². The average Bonchev–Trinajstić information content (AvgIpc) is 3.50. The zero-order valence-electron chi connectivity index (χ0n) is 15.2. The first kappa shape index (κ1) is 17.5. The molecule has 0 bridgehead atoms. The Morgan fingerprint density at radius 1 is 1.00 bits per heavy atom. The predicted molar refractivity (Wildman–Crippen MR) is 101 cm³/mol. The maximum absolute atomic E-state index is 13.1. The molecular formula is C22H22N2O3. The summed E-state index contributed by atoms with van der Waals surface area (Å²) in [5.41, 5.74) is 1.64. The lowest BCUT2D eigenvalue weighted by atomic mass is 10.0. The van der Waals surface area contributed by atoms with Crippen molar-refractivity contribution < 1.29 is 14.4 Å². The minimum atomic E-state index is -0.860. The molecule has 0 saturated heterocycles. The van der Waals surface area contributed by atoms with Crippen molar-refractivity contribution in [3.8, 4) is 0 Å². The van der Waals surface area contributed by atoms with E-state index in [9.17, 15) is 14.4 Å². The molecule has 2 atom stereocenters. The second kappa shape index (κ2) is 6.99. The van der Waals surface area contributed by atoms with Crippen molar-refractivity contribution in [2.45, 2.75) is 38.3 Å². The highest BCUT2D eigenvalue weighted by atomic mass is 16.2. The highest BCUT2D eigenvalue weighted by Gasteiger charge is 2.43. The van der Waals surface area contributed by atoms with Crippen LogP contribution in [0.4, 0.5) is 0 Å². The molecular weight excluding hydrogens is 340 g/mol. The highest BCUT2D eigenvalue weighted by molar-refractivity contribution is 6.22. The van der Waals surface area contributed by atoms with E-state index >= 15 is 0 Å². The molecule has 1 heterocycles. The quantitative estimate of drug-likeness (QED) is 0.804. The standard InChI is InChI=1S/C22H22N2O3/c1-14(16-11-12-16)23-20(25)19(13-15-7-3-2-4-8-15)24-21(26)17-9-5-6-10-18(17)22(24)27/h2-10,14,16,19H,11-13H2,1H3,(H,23,25)/t14-,19-/m0/s1. The molecule has 1 N–H and O–H groups in total. The van der Waals surface area contributed by atoms with Crippen LogP contribution in [0.5, 0.6) is 0 Å². The maximum Gasteiger partial charge on any atom is 0.262 e. The summed E-state index contributed by atoms with van der Waals surface area (Å²) in [6.07, 6.45) is 2.52. The Bertz CT molecular complexity index is 854. The Balaban J connectivity index is 1.64. The molecule has 2 aromatic rings. The SMILES string of the molecule is C[C@H](NC(=O)[C@H](Cc1ccccc1)N1C(=O)c2ccccc2C1=O)C1CC1. The number of hydrogen-bond donors (Lipinski definition) is 1. The lowest BCUT2D eigenvalue weighted by molar-refractivity contribution is -0.125.